The van der Waals surface area contributed by atoms with Crippen molar-refractivity contribution in [3.05, 3.63) is 29.3 Å². The molecule has 0 aliphatic carbocycles. The van der Waals surface area contributed by atoms with Gasteiger partial charge in [0.1, 0.15) is 5.75 Å². The van der Waals surface area contributed by atoms with Gasteiger partial charge in [-0.1, -0.05) is 26.8 Å². The molecular formula is C17H30N2O. The quantitative estimate of drug-likeness (QED) is 0.702. The molecule has 0 unspecified atom stereocenters. The number of benzene rings is 1. The third-order valence-corrected chi connectivity index (χ3v) is 3.22. The van der Waals surface area contributed by atoms with Crippen LogP contribution in [0.5, 0.6) is 5.75 Å². The Labute approximate surface area is 124 Å². The molecule has 114 valence electrons. The normalized spacial score (nSPS) is 11.3. The molecule has 0 amide bonds. The highest BCUT2D eigenvalue weighted by molar-refractivity contribution is 5.37. The van der Waals surface area contributed by atoms with Gasteiger partial charge in [-0.15, -0.1) is 0 Å². The van der Waals surface area contributed by atoms with Crippen molar-refractivity contribution in [2.75, 3.05) is 27.2 Å². The summed E-state index contributed by atoms with van der Waals surface area (Å²) < 4.78 is 5.48. The molecule has 1 aromatic rings. The molecule has 0 saturated heterocycles. The zero-order valence-corrected chi connectivity index (χ0v) is 13.7. The van der Waals surface area contributed by atoms with Crippen molar-refractivity contribution < 1.29 is 4.74 Å². The van der Waals surface area contributed by atoms with Gasteiger partial charge < -0.3 is 15.0 Å². The van der Waals surface area contributed by atoms with Crippen molar-refractivity contribution in [1.29, 1.82) is 0 Å². The number of nitrogens with zero attached hydrogens (tertiary/aromatic N) is 1. The van der Waals surface area contributed by atoms with Gasteiger partial charge in [-0.25, -0.2) is 0 Å². The summed E-state index contributed by atoms with van der Waals surface area (Å²) in [4.78, 5) is 2.35. The van der Waals surface area contributed by atoms with Gasteiger partial charge in [-0.05, 0) is 43.6 Å². The molecule has 3 heteroatoms. The zero-order chi connectivity index (χ0) is 15.0. The third kappa shape index (κ3) is 5.93. The minimum atomic E-state index is 0.681. The lowest BCUT2D eigenvalue weighted by Crippen LogP contribution is -2.23. The highest BCUT2D eigenvalue weighted by Gasteiger charge is 2.09. The highest BCUT2D eigenvalue weighted by atomic mass is 16.5. The van der Waals surface area contributed by atoms with Crippen LogP contribution in [0.25, 0.3) is 0 Å². The molecule has 0 aliphatic rings. The number of nitrogens with one attached hydrogen (secondary N) is 1. The fourth-order valence-electron chi connectivity index (χ4n) is 2.45. The van der Waals surface area contributed by atoms with E-state index in [0.29, 0.717) is 5.92 Å². The summed E-state index contributed by atoms with van der Waals surface area (Å²) in [6, 6.07) is 6.49. The third-order valence-electron chi connectivity index (χ3n) is 3.22. The van der Waals surface area contributed by atoms with Crippen LogP contribution in [0.1, 0.15) is 38.3 Å². The molecule has 3 nitrogen and oxygen atoms in total. The van der Waals surface area contributed by atoms with E-state index in [4.69, 9.17) is 4.74 Å². The Bertz CT molecular complexity index is 391. The van der Waals surface area contributed by atoms with Crippen LogP contribution in [0, 0.1) is 5.92 Å². The number of ether oxygens (including phenoxy) is 1. The zero-order valence-electron chi connectivity index (χ0n) is 13.7. The average molecular weight is 278 g/mol. The summed E-state index contributed by atoms with van der Waals surface area (Å²) in [5, 5.41) is 3.45. The summed E-state index contributed by atoms with van der Waals surface area (Å²) >= 11 is 0. The van der Waals surface area contributed by atoms with Gasteiger partial charge in [0.05, 0.1) is 7.11 Å². The van der Waals surface area contributed by atoms with E-state index in [-0.39, 0.29) is 0 Å². The fraction of sp³-hybridized carbons (Fsp3) is 0.647. The second-order valence-electron chi connectivity index (χ2n) is 5.91. The second kappa shape index (κ2) is 8.98. The largest absolute Gasteiger partial charge is 0.496 e. The van der Waals surface area contributed by atoms with Crippen LogP contribution in [-0.2, 0) is 13.1 Å². The summed E-state index contributed by atoms with van der Waals surface area (Å²) in [5.41, 5.74) is 2.60. The minimum absolute atomic E-state index is 0.681. The summed E-state index contributed by atoms with van der Waals surface area (Å²) in [7, 11) is 3.91. The summed E-state index contributed by atoms with van der Waals surface area (Å²) in [5.74, 6) is 1.67. The second-order valence-corrected chi connectivity index (χ2v) is 5.91. The minimum Gasteiger partial charge on any atom is -0.496 e. The Balaban J connectivity index is 2.72. The molecule has 0 aromatic heterocycles. The van der Waals surface area contributed by atoms with Crippen LogP contribution in [0.15, 0.2) is 18.2 Å². The lowest BCUT2D eigenvalue weighted by atomic mass is 10.1. The smallest absolute Gasteiger partial charge is 0.123 e. The first-order valence-electron chi connectivity index (χ1n) is 7.61. The van der Waals surface area contributed by atoms with Gasteiger partial charge in [-0.2, -0.15) is 0 Å². The number of methoxy groups -OCH3 is 1. The first-order valence-corrected chi connectivity index (χ1v) is 7.61. The Kier molecular flexibility index (Phi) is 7.63. The van der Waals surface area contributed by atoms with Crippen molar-refractivity contribution in [3.63, 3.8) is 0 Å². The Morgan fingerprint density at radius 1 is 1.30 bits per heavy atom. The topological polar surface area (TPSA) is 24.5 Å². The SMILES string of the molecule is CCCNCc1ccc(OC)c(CN(C)CC(C)C)c1. The predicted molar refractivity (Wildman–Crippen MR) is 86.2 cm³/mol. The van der Waals surface area contributed by atoms with Crippen molar-refractivity contribution in [2.24, 2.45) is 5.92 Å². The molecule has 1 aromatic carbocycles. The van der Waals surface area contributed by atoms with Crippen LogP contribution < -0.4 is 10.1 Å². The lowest BCUT2D eigenvalue weighted by molar-refractivity contribution is 0.283. The first kappa shape index (κ1) is 17.0. The van der Waals surface area contributed by atoms with E-state index < -0.39 is 0 Å². The van der Waals surface area contributed by atoms with Crippen LogP contribution in [0.4, 0.5) is 0 Å². The Morgan fingerprint density at radius 3 is 2.65 bits per heavy atom. The maximum atomic E-state index is 5.48. The fourth-order valence-corrected chi connectivity index (χ4v) is 2.45. The number of hydrogen-bond donors (Lipinski definition) is 1. The molecule has 0 heterocycles. The van der Waals surface area contributed by atoms with Crippen molar-refractivity contribution >= 4 is 0 Å². The molecule has 0 aliphatic heterocycles. The average Bonchev–Trinajstić information content (AvgIpc) is 2.38. The monoisotopic (exact) mass is 278 g/mol. The van der Waals surface area contributed by atoms with E-state index in [1.807, 2.05) is 0 Å². The summed E-state index contributed by atoms with van der Waals surface area (Å²) in [6.07, 6.45) is 1.17. The van der Waals surface area contributed by atoms with Gasteiger partial charge in [0.15, 0.2) is 0 Å². The first-order chi connectivity index (χ1) is 9.56. The van der Waals surface area contributed by atoms with Crippen LogP contribution in [0.3, 0.4) is 0 Å². The molecule has 0 atom stereocenters. The van der Waals surface area contributed by atoms with E-state index in [1.165, 1.54) is 17.5 Å². The van der Waals surface area contributed by atoms with Gasteiger partial charge in [0, 0.05) is 25.2 Å². The van der Waals surface area contributed by atoms with Crippen LogP contribution >= 0.6 is 0 Å². The molecule has 0 saturated carbocycles. The van der Waals surface area contributed by atoms with Gasteiger partial charge in [-0.3, -0.25) is 0 Å². The van der Waals surface area contributed by atoms with Crippen LogP contribution in [-0.4, -0.2) is 32.1 Å². The number of hydrogen-bond acceptors (Lipinski definition) is 3. The van der Waals surface area contributed by atoms with Crippen molar-refractivity contribution in [3.8, 4) is 5.75 Å². The van der Waals surface area contributed by atoms with Crippen molar-refractivity contribution in [2.45, 2.75) is 40.3 Å². The molecule has 0 spiro atoms. The highest BCUT2D eigenvalue weighted by Crippen LogP contribution is 2.21. The van der Waals surface area contributed by atoms with E-state index in [9.17, 15) is 0 Å². The maximum absolute atomic E-state index is 5.48. The van der Waals surface area contributed by atoms with Crippen LogP contribution in [0.2, 0.25) is 0 Å². The maximum Gasteiger partial charge on any atom is 0.123 e. The predicted octanol–water partition coefficient (Wildman–Crippen LogP) is 3.28. The van der Waals surface area contributed by atoms with Gasteiger partial charge >= 0.3 is 0 Å². The van der Waals surface area contributed by atoms with Crippen molar-refractivity contribution in [1.82, 2.24) is 10.2 Å². The number of rotatable bonds is 9. The van der Waals surface area contributed by atoms with E-state index in [1.54, 1.807) is 7.11 Å². The molecule has 0 bridgehead atoms. The van der Waals surface area contributed by atoms with Gasteiger partial charge in [0.2, 0.25) is 0 Å². The summed E-state index contributed by atoms with van der Waals surface area (Å²) in [6.45, 7) is 10.7. The Hall–Kier alpha value is -1.06. The lowest BCUT2D eigenvalue weighted by Gasteiger charge is -2.21. The molecule has 0 fully saturated rings. The molecule has 1 N–H and O–H groups in total. The van der Waals surface area contributed by atoms with E-state index in [0.717, 1.165) is 31.9 Å². The molecule has 1 rings (SSSR count). The Morgan fingerprint density at radius 2 is 2.05 bits per heavy atom. The van der Waals surface area contributed by atoms with Gasteiger partial charge in [0.25, 0.3) is 0 Å². The molecule has 20 heavy (non-hydrogen) atoms. The standard InChI is InChI=1S/C17H30N2O/c1-6-9-18-11-15-7-8-17(20-5)16(10-15)13-19(4)12-14(2)3/h7-8,10,14,18H,6,9,11-13H2,1-5H3. The van der Waals surface area contributed by atoms with E-state index >= 15 is 0 Å². The van der Waals surface area contributed by atoms with E-state index in [2.05, 4.69) is 56.2 Å². The molecular weight excluding hydrogens is 248 g/mol. The molecule has 0 radical (unpaired) electrons.